The number of carbonyl (C=O) groups is 2. The molecule has 1 saturated carbocycles. The van der Waals surface area contributed by atoms with Crippen LogP contribution in [0.4, 0.5) is 5.69 Å². The fraction of sp³-hybridized carbons (Fsp3) is 0.520. The van der Waals surface area contributed by atoms with E-state index in [4.69, 9.17) is 4.74 Å². The SMILES string of the molecule is C[C@H]1CN([C@@H](C)CO)C(=O)c2cccc(NC(=O)c3cnccn3)c2O[C@H]1CN(C)CC1CC1. The van der Waals surface area contributed by atoms with Crippen LogP contribution in [-0.4, -0.2) is 82.1 Å². The van der Waals surface area contributed by atoms with E-state index < -0.39 is 5.91 Å². The van der Waals surface area contributed by atoms with E-state index in [9.17, 15) is 14.7 Å². The Hall–Kier alpha value is -3.04. The normalized spacial score (nSPS) is 21.3. The molecule has 2 N–H and O–H groups in total. The maximum atomic E-state index is 13.5. The van der Waals surface area contributed by atoms with Gasteiger partial charge in [0.2, 0.25) is 0 Å². The third kappa shape index (κ3) is 5.53. The van der Waals surface area contributed by atoms with Crippen molar-refractivity contribution < 1.29 is 19.4 Å². The largest absolute Gasteiger partial charge is 0.486 e. The topological polar surface area (TPSA) is 108 Å². The predicted molar refractivity (Wildman–Crippen MR) is 128 cm³/mol. The van der Waals surface area contributed by atoms with Crippen LogP contribution in [0.25, 0.3) is 0 Å². The minimum absolute atomic E-state index is 0.0106. The molecule has 34 heavy (non-hydrogen) atoms. The number of hydrogen-bond acceptors (Lipinski definition) is 7. The van der Waals surface area contributed by atoms with Gasteiger partial charge in [0.15, 0.2) is 5.75 Å². The summed E-state index contributed by atoms with van der Waals surface area (Å²) in [5.74, 6) is 0.433. The number of amides is 2. The highest BCUT2D eigenvalue weighted by atomic mass is 16.5. The van der Waals surface area contributed by atoms with Crippen molar-refractivity contribution in [2.45, 2.75) is 38.8 Å². The fourth-order valence-corrected chi connectivity index (χ4v) is 4.29. The first kappa shape index (κ1) is 24.1. The van der Waals surface area contributed by atoms with Gasteiger partial charge in [-0.15, -0.1) is 0 Å². The van der Waals surface area contributed by atoms with Crippen molar-refractivity contribution in [3.05, 3.63) is 48.0 Å². The van der Waals surface area contributed by atoms with Crippen LogP contribution in [0.15, 0.2) is 36.8 Å². The molecule has 1 aliphatic carbocycles. The van der Waals surface area contributed by atoms with Crippen LogP contribution in [0.1, 0.15) is 47.5 Å². The molecule has 1 fully saturated rings. The van der Waals surface area contributed by atoms with Gasteiger partial charge in [-0.1, -0.05) is 13.0 Å². The summed E-state index contributed by atoms with van der Waals surface area (Å²) in [7, 11) is 2.09. The Morgan fingerprint density at radius 3 is 2.79 bits per heavy atom. The van der Waals surface area contributed by atoms with Gasteiger partial charge >= 0.3 is 0 Å². The van der Waals surface area contributed by atoms with Crippen LogP contribution >= 0.6 is 0 Å². The van der Waals surface area contributed by atoms with Crippen molar-refractivity contribution in [2.24, 2.45) is 11.8 Å². The van der Waals surface area contributed by atoms with E-state index in [1.807, 2.05) is 6.92 Å². The van der Waals surface area contributed by atoms with Crippen LogP contribution in [-0.2, 0) is 0 Å². The Balaban J connectivity index is 1.68. The average Bonchev–Trinajstić information content (AvgIpc) is 3.65. The summed E-state index contributed by atoms with van der Waals surface area (Å²) in [6.45, 7) is 5.94. The zero-order chi connectivity index (χ0) is 24.2. The molecular weight excluding hydrogens is 434 g/mol. The zero-order valence-corrected chi connectivity index (χ0v) is 20.0. The van der Waals surface area contributed by atoms with E-state index in [1.165, 1.54) is 31.4 Å². The van der Waals surface area contributed by atoms with E-state index >= 15 is 0 Å². The molecule has 0 spiro atoms. The molecular formula is C25H33N5O4. The summed E-state index contributed by atoms with van der Waals surface area (Å²) < 4.78 is 6.52. The number of likely N-dealkylation sites (N-methyl/N-ethyl adjacent to an activating group) is 1. The average molecular weight is 468 g/mol. The van der Waals surface area contributed by atoms with Gasteiger partial charge in [-0.3, -0.25) is 14.6 Å². The predicted octanol–water partition coefficient (Wildman–Crippen LogP) is 2.29. The van der Waals surface area contributed by atoms with E-state index in [0.717, 1.165) is 12.5 Å². The monoisotopic (exact) mass is 467 g/mol. The number of hydrogen-bond donors (Lipinski definition) is 2. The number of carbonyl (C=O) groups excluding carboxylic acids is 2. The number of para-hydroxylation sites is 1. The second-order valence-electron chi connectivity index (χ2n) is 9.51. The minimum Gasteiger partial charge on any atom is -0.486 e. The van der Waals surface area contributed by atoms with Crippen LogP contribution in [0.2, 0.25) is 0 Å². The van der Waals surface area contributed by atoms with Gasteiger partial charge in [-0.05, 0) is 44.9 Å². The van der Waals surface area contributed by atoms with E-state index in [1.54, 1.807) is 23.1 Å². The summed E-state index contributed by atoms with van der Waals surface area (Å²) in [6, 6.07) is 4.79. The second kappa shape index (κ2) is 10.5. The number of aliphatic hydroxyl groups excluding tert-OH is 1. The fourth-order valence-electron chi connectivity index (χ4n) is 4.29. The van der Waals surface area contributed by atoms with Crippen LogP contribution < -0.4 is 10.1 Å². The molecule has 1 aliphatic heterocycles. The number of ether oxygens (including phenoxy) is 1. The van der Waals surface area contributed by atoms with Crippen molar-refractivity contribution in [1.29, 1.82) is 0 Å². The molecule has 0 bridgehead atoms. The maximum Gasteiger partial charge on any atom is 0.275 e. The smallest absolute Gasteiger partial charge is 0.275 e. The van der Waals surface area contributed by atoms with Crippen LogP contribution in [0.3, 0.4) is 0 Å². The van der Waals surface area contributed by atoms with Gasteiger partial charge in [-0.25, -0.2) is 4.98 Å². The van der Waals surface area contributed by atoms with Gasteiger partial charge in [0.05, 0.1) is 30.1 Å². The molecule has 2 aliphatic rings. The van der Waals surface area contributed by atoms with Gasteiger partial charge in [0.25, 0.3) is 11.8 Å². The lowest BCUT2D eigenvalue weighted by Gasteiger charge is -2.38. The Labute approximate surface area is 200 Å². The van der Waals surface area contributed by atoms with Crippen molar-refractivity contribution in [3.8, 4) is 5.75 Å². The molecule has 9 nitrogen and oxygen atoms in total. The van der Waals surface area contributed by atoms with Gasteiger partial charge in [0, 0.05) is 37.9 Å². The molecule has 2 aromatic rings. The number of nitrogens with zero attached hydrogens (tertiary/aromatic N) is 4. The molecule has 0 saturated heterocycles. The number of fused-ring (bicyclic) bond motifs is 1. The zero-order valence-electron chi connectivity index (χ0n) is 20.0. The molecule has 2 amide bonds. The number of aliphatic hydroxyl groups is 1. The van der Waals surface area contributed by atoms with Gasteiger partial charge < -0.3 is 25.0 Å². The first-order chi connectivity index (χ1) is 16.4. The van der Waals surface area contributed by atoms with E-state index in [2.05, 4.69) is 34.2 Å². The number of anilines is 1. The molecule has 9 heteroatoms. The van der Waals surface area contributed by atoms with Crippen LogP contribution in [0.5, 0.6) is 5.75 Å². The highest BCUT2D eigenvalue weighted by Gasteiger charge is 2.35. The lowest BCUT2D eigenvalue weighted by molar-refractivity contribution is 0.0345. The standard InChI is InChI=1S/C25H33N5O4/c1-16-12-30(17(2)15-31)25(33)19-5-4-6-20(28-24(32)21-11-26-9-10-27-21)23(19)34-22(16)14-29(3)13-18-7-8-18/h4-6,9-11,16-18,22,31H,7-8,12-15H2,1-3H3,(H,28,32)/t16-,17-,22-/m0/s1. The lowest BCUT2D eigenvalue weighted by atomic mass is 9.99. The van der Waals surface area contributed by atoms with Crippen molar-refractivity contribution in [3.63, 3.8) is 0 Å². The Morgan fingerprint density at radius 1 is 1.32 bits per heavy atom. The maximum absolute atomic E-state index is 13.5. The molecule has 2 heterocycles. The molecule has 0 radical (unpaired) electrons. The van der Waals surface area contributed by atoms with Crippen molar-refractivity contribution in [2.75, 3.05) is 38.6 Å². The van der Waals surface area contributed by atoms with Crippen LogP contribution in [0, 0.1) is 11.8 Å². The lowest BCUT2D eigenvalue weighted by Crippen LogP contribution is -2.50. The number of aromatic nitrogens is 2. The van der Waals surface area contributed by atoms with Gasteiger partial charge in [-0.2, -0.15) is 0 Å². The molecule has 4 rings (SSSR count). The molecule has 1 aromatic heterocycles. The summed E-state index contributed by atoms with van der Waals surface area (Å²) in [6.07, 6.45) is 6.66. The Bertz CT molecular complexity index is 1010. The van der Waals surface area contributed by atoms with E-state index in [-0.39, 0.29) is 36.3 Å². The number of rotatable bonds is 8. The van der Waals surface area contributed by atoms with E-state index in [0.29, 0.717) is 30.1 Å². The third-order valence-corrected chi connectivity index (χ3v) is 6.49. The Kier molecular flexibility index (Phi) is 7.43. The van der Waals surface area contributed by atoms with Gasteiger partial charge in [0.1, 0.15) is 11.8 Å². The molecule has 1 aromatic carbocycles. The molecule has 182 valence electrons. The summed E-state index contributed by atoms with van der Waals surface area (Å²) in [5.41, 5.74) is 0.933. The number of benzene rings is 1. The summed E-state index contributed by atoms with van der Waals surface area (Å²) in [4.78, 5) is 38.3. The first-order valence-corrected chi connectivity index (χ1v) is 11.8. The second-order valence-corrected chi connectivity index (χ2v) is 9.51. The van der Waals surface area contributed by atoms with Crippen molar-refractivity contribution in [1.82, 2.24) is 19.8 Å². The summed E-state index contributed by atoms with van der Waals surface area (Å²) >= 11 is 0. The van der Waals surface area contributed by atoms with Crippen molar-refractivity contribution >= 4 is 17.5 Å². The number of nitrogens with one attached hydrogen (secondary N) is 1. The first-order valence-electron chi connectivity index (χ1n) is 11.8. The quantitative estimate of drug-likeness (QED) is 0.613. The third-order valence-electron chi connectivity index (χ3n) is 6.49. The Morgan fingerprint density at radius 2 is 2.12 bits per heavy atom. The highest BCUT2D eigenvalue weighted by Crippen LogP contribution is 2.35. The molecule has 3 atom stereocenters. The summed E-state index contributed by atoms with van der Waals surface area (Å²) in [5, 5.41) is 12.7. The molecule has 0 unspecified atom stereocenters. The minimum atomic E-state index is -0.435. The highest BCUT2D eigenvalue weighted by molar-refractivity contribution is 6.06.